The van der Waals surface area contributed by atoms with E-state index in [-0.39, 0.29) is 12.4 Å². The lowest BCUT2D eigenvalue weighted by Gasteiger charge is -2.17. The third kappa shape index (κ3) is 3.92. The zero-order chi connectivity index (χ0) is 15.2. The Kier molecular flexibility index (Phi) is 4.71. The first-order valence-electron chi connectivity index (χ1n) is 6.32. The Hall–Kier alpha value is -2.63. The van der Waals surface area contributed by atoms with Gasteiger partial charge in [0.05, 0.1) is 5.92 Å². The van der Waals surface area contributed by atoms with E-state index in [2.05, 4.69) is 10.5 Å². The summed E-state index contributed by atoms with van der Waals surface area (Å²) >= 11 is 0. The van der Waals surface area contributed by atoms with E-state index in [0.29, 0.717) is 5.69 Å². The van der Waals surface area contributed by atoms with Crippen LogP contribution in [0.25, 0.3) is 0 Å². The average molecular weight is 291 g/mol. The molecule has 0 aromatic heterocycles. The van der Waals surface area contributed by atoms with Crippen LogP contribution in [0.4, 0.5) is 14.5 Å². The van der Waals surface area contributed by atoms with Gasteiger partial charge in [-0.3, -0.25) is 0 Å². The van der Waals surface area contributed by atoms with Crippen molar-refractivity contribution in [2.45, 2.75) is 5.92 Å². The number of anilines is 1. The summed E-state index contributed by atoms with van der Waals surface area (Å²) in [4.78, 5) is 0. The second-order valence-electron chi connectivity index (χ2n) is 4.53. The molecule has 6 heteroatoms. The van der Waals surface area contributed by atoms with Gasteiger partial charge in [-0.15, -0.1) is 0 Å². The lowest BCUT2D eigenvalue weighted by atomic mass is 9.98. The monoisotopic (exact) mass is 291 g/mol. The second kappa shape index (κ2) is 6.69. The molecule has 0 spiro atoms. The summed E-state index contributed by atoms with van der Waals surface area (Å²) < 4.78 is 26.3. The third-order valence-electron chi connectivity index (χ3n) is 3.05. The van der Waals surface area contributed by atoms with Gasteiger partial charge in [0.15, 0.2) is 0 Å². The molecule has 4 nitrogen and oxygen atoms in total. The van der Waals surface area contributed by atoms with Crippen molar-refractivity contribution in [2.24, 2.45) is 10.9 Å². The molecule has 0 bridgehead atoms. The van der Waals surface area contributed by atoms with Crippen LogP contribution in [-0.4, -0.2) is 17.6 Å². The van der Waals surface area contributed by atoms with Crippen molar-refractivity contribution in [1.29, 1.82) is 0 Å². The SMILES string of the molecule is NC(=NO)C(CNc1cc(F)cc(F)c1)c1ccccc1. The summed E-state index contributed by atoms with van der Waals surface area (Å²) in [6.45, 7) is 0.239. The van der Waals surface area contributed by atoms with E-state index in [1.807, 2.05) is 30.3 Å². The lowest BCUT2D eigenvalue weighted by Crippen LogP contribution is -2.28. The normalized spacial score (nSPS) is 13.0. The van der Waals surface area contributed by atoms with Crippen LogP contribution in [0.1, 0.15) is 11.5 Å². The Morgan fingerprint density at radius 1 is 1.14 bits per heavy atom. The van der Waals surface area contributed by atoms with Gasteiger partial charge in [0.1, 0.15) is 17.5 Å². The Morgan fingerprint density at radius 3 is 2.33 bits per heavy atom. The fourth-order valence-electron chi connectivity index (χ4n) is 2.02. The standard InChI is InChI=1S/C15H15F2N3O/c16-11-6-12(17)8-13(7-11)19-9-14(15(18)20-21)10-4-2-1-3-5-10/h1-8,14,19,21H,9H2,(H2,18,20). The van der Waals surface area contributed by atoms with E-state index < -0.39 is 17.6 Å². The number of amidine groups is 1. The maximum Gasteiger partial charge on any atom is 0.148 e. The molecule has 4 N–H and O–H groups in total. The van der Waals surface area contributed by atoms with Crippen LogP contribution < -0.4 is 11.1 Å². The van der Waals surface area contributed by atoms with Crippen LogP contribution >= 0.6 is 0 Å². The number of benzene rings is 2. The molecule has 0 heterocycles. The van der Waals surface area contributed by atoms with E-state index in [4.69, 9.17) is 10.9 Å². The molecule has 0 saturated carbocycles. The summed E-state index contributed by atoms with van der Waals surface area (Å²) in [5, 5.41) is 14.8. The lowest BCUT2D eigenvalue weighted by molar-refractivity contribution is 0.316. The first kappa shape index (κ1) is 14.8. The summed E-state index contributed by atoms with van der Waals surface area (Å²) in [5.41, 5.74) is 6.81. The molecule has 0 saturated heterocycles. The number of oxime groups is 1. The Bertz CT molecular complexity index is 612. The van der Waals surface area contributed by atoms with E-state index >= 15 is 0 Å². The summed E-state index contributed by atoms with van der Waals surface area (Å²) in [5.74, 6) is -1.73. The molecule has 2 aromatic rings. The average Bonchev–Trinajstić information content (AvgIpc) is 2.47. The third-order valence-corrected chi connectivity index (χ3v) is 3.05. The molecule has 0 aliphatic rings. The summed E-state index contributed by atoms with van der Waals surface area (Å²) in [7, 11) is 0. The molecule has 0 radical (unpaired) electrons. The highest BCUT2D eigenvalue weighted by Gasteiger charge is 2.16. The van der Waals surface area contributed by atoms with Crippen molar-refractivity contribution in [3.63, 3.8) is 0 Å². The summed E-state index contributed by atoms with van der Waals surface area (Å²) in [6.07, 6.45) is 0. The van der Waals surface area contributed by atoms with E-state index in [1.54, 1.807) is 0 Å². The molecule has 0 fully saturated rings. The fraction of sp³-hybridized carbons (Fsp3) is 0.133. The smallest absolute Gasteiger partial charge is 0.148 e. The zero-order valence-corrected chi connectivity index (χ0v) is 11.1. The number of rotatable bonds is 5. The van der Waals surface area contributed by atoms with Gasteiger partial charge >= 0.3 is 0 Å². The molecule has 0 amide bonds. The maximum absolute atomic E-state index is 13.1. The predicted molar refractivity (Wildman–Crippen MR) is 77.4 cm³/mol. The molecule has 2 rings (SSSR count). The molecule has 1 atom stereocenters. The molecule has 0 aliphatic carbocycles. The van der Waals surface area contributed by atoms with Gasteiger partial charge in [0, 0.05) is 18.3 Å². The quantitative estimate of drug-likeness (QED) is 0.343. The van der Waals surface area contributed by atoms with Gasteiger partial charge < -0.3 is 16.3 Å². The topological polar surface area (TPSA) is 70.6 Å². The van der Waals surface area contributed by atoms with Crippen LogP contribution in [0, 0.1) is 11.6 Å². The van der Waals surface area contributed by atoms with Crippen molar-refractivity contribution in [1.82, 2.24) is 0 Å². The van der Waals surface area contributed by atoms with Gasteiger partial charge in [-0.2, -0.15) is 0 Å². The molecule has 0 aliphatic heterocycles. The molecule has 1 unspecified atom stereocenters. The Labute approximate surface area is 120 Å². The number of nitrogens with one attached hydrogen (secondary N) is 1. The van der Waals surface area contributed by atoms with Gasteiger partial charge in [-0.05, 0) is 17.7 Å². The van der Waals surface area contributed by atoms with Crippen molar-refractivity contribution in [2.75, 3.05) is 11.9 Å². The molecule has 21 heavy (non-hydrogen) atoms. The number of hydrogen-bond acceptors (Lipinski definition) is 3. The van der Waals surface area contributed by atoms with Gasteiger partial charge in [0.25, 0.3) is 0 Å². The number of halogens is 2. The Balaban J connectivity index is 2.17. The van der Waals surface area contributed by atoms with Gasteiger partial charge in [-0.25, -0.2) is 8.78 Å². The van der Waals surface area contributed by atoms with E-state index in [9.17, 15) is 8.78 Å². The predicted octanol–water partition coefficient (Wildman–Crippen LogP) is 2.91. The minimum atomic E-state index is -0.669. The van der Waals surface area contributed by atoms with Crippen LogP contribution in [0.3, 0.4) is 0 Å². The highest BCUT2D eigenvalue weighted by Crippen LogP contribution is 2.18. The van der Waals surface area contributed by atoms with Crippen molar-refractivity contribution >= 4 is 11.5 Å². The van der Waals surface area contributed by atoms with Crippen LogP contribution in [0.2, 0.25) is 0 Å². The Morgan fingerprint density at radius 2 is 1.76 bits per heavy atom. The molecular weight excluding hydrogens is 276 g/mol. The fourth-order valence-corrected chi connectivity index (χ4v) is 2.02. The van der Waals surface area contributed by atoms with Gasteiger partial charge in [-0.1, -0.05) is 35.5 Å². The summed E-state index contributed by atoms with van der Waals surface area (Å²) in [6, 6.07) is 12.3. The molecular formula is C15H15F2N3O. The van der Waals surface area contributed by atoms with E-state index in [0.717, 1.165) is 11.6 Å². The van der Waals surface area contributed by atoms with Crippen molar-refractivity contribution in [3.05, 3.63) is 65.7 Å². The van der Waals surface area contributed by atoms with Crippen molar-refractivity contribution < 1.29 is 14.0 Å². The number of nitrogens with two attached hydrogens (primary N) is 1. The first-order valence-corrected chi connectivity index (χ1v) is 6.32. The van der Waals surface area contributed by atoms with Crippen LogP contribution in [0.15, 0.2) is 53.7 Å². The first-order chi connectivity index (χ1) is 10.1. The molecule has 110 valence electrons. The molecule has 2 aromatic carbocycles. The largest absolute Gasteiger partial charge is 0.409 e. The van der Waals surface area contributed by atoms with Crippen molar-refractivity contribution in [3.8, 4) is 0 Å². The second-order valence-corrected chi connectivity index (χ2v) is 4.53. The minimum Gasteiger partial charge on any atom is -0.409 e. The highest BCUT2D eigenvalue weighted by atomic mass is 19.1. The van der Waals surface area contributed by atoms with E-state index in [1.165, 1.54) is 12.1 Å². The number of hydrogen-bond donors (Lipinski definition) is 3. The minimum absolute atomic E-state index is 0.0191. The number of nitrogens with zero attached hydrogens (tertiary/aromatic N) is 1. The van der Waals surface area contributed by atoms with Gasteiger partial charge in [0.2, 0.25) is 0 Å². The van der Waals surface area contributed by atoms with Crippen LogP contribution in [-0.2, 0) is 0 Å². The van der Waals surface area contributed by atoms with Crippen LogP contribution in [0.5, 0.6) is 0 Å². The maximum atomic E-state index is 13.1. The highest BCUT2D eigenvalue weighted by molar-refractivity contribution is 5.87. The zero-order valence-electron chi connectivity index (χ0n) is 11.1.